The molecular formula is C21H18ClN5. The predicted octanol–water partition coefficient (Wildman–Crippen LogP) is 4.81. The van der Waals surface area contributed by atoms with Gasteiger partial charge in [-0.2, -0.15) is 0 Å². The molecule has 0 spiro atoms. The molecule has 0 bridgehead atoms. The molecule has 134 valence electrons. The van der Waals surface area contributed by atoms with Crippen LogP contribution in [0.2, 0.25) is 5.02 Å². The fourth-order valence-corrected chi connectivity index (χ4v) is 2.97. The zero-order chi connectivity index (χ0) is 18.6. The van der Waals surface area contributed by atoms with Crippen LogP contribution in [-0.2, 0) is 13.6 Å². The van der Waals surface area contributed by atoms with E-state index >= 15 is 0 Å². The minimum atomic E-state index is 0.583. The van der Waals surface area contributed by atoms with E-state index in [-0.39, 0.29) is 0 Å². The molecule has 0 radical (unpaired) electrons. The van der Waals surface area contributed by atoms with Crippen molar-refractivity contribution in [2.45, 2.75) is 6.54 Å². The molecule has 2 aromatic carbocycles. The number of aromatic nitrogens is 4. The Labute approximate surface area is 162 Å². The Morgan fingerprint density at radius 3 is 2.33 bits per heavy atom. The first-order valence-corrected chi connectivity index (χ1v) is 8.98. The Balaban J connectivity index is 1.45. The van der Waals surface area contributed by atoms with Crippen LogP contribution in [0.4, 0.5) is 5.69 Å². The standard InChI is InChI=1S/C21H18ClN5/c1-27-20(25-26-21(27)16-5-9-17(22)10-6-16)14-24-18-11-7-15(8-12-18)19-4-2-3-13-23-19/h2-13,24H,14H2,1H3. The third kappa shape index (κ3) is 3.83. The predicted molar refractivity (Wildman–Crippen MR) is 108 cm³/mol. The molecule has 0 unspecified atom stereocenters. The van der Waals surface area contributed by atoms with Crippen LogP contribution in [-0.4, -0.2) is 19.7 Å². The highest BCUT2D eigenvalue weighted by molar-refractivity contribution is 6.30. The second-order valence-corrected chi connectivity index (χ2v) is 6.59. The SMILES string of the molecule is Cn1c(CNc2ccc(-c3ccccn3)cc2)nnc1-c1ccc(Cl)cc1. The molecular weight excluding hydrogens is 358 g/mol. The monoisotopic (exact) mass is 375 g/mol. The Bertz CT molecular complexity index is 1020. The van der Waals surface area contributed by atoms with Crippen molar-refractivity contribution in [1.82, 2.24) is 19.7 Å². The number of benzene rings is 2. The second kappa shape index (κ2) is 7.60. The summed E-state index contributed by atoms with van der Waals surface area (Å²) < 4.78 is 1.98. The minimum absolute atomic E-state index is 0.583. The number of rotatable bonds is 5. The summed E-state index contributed by atoms with van der Waals surface area (Å²) >= 11 is 5.96. The molecule has 5 nitrogen and oxygen atoms in total. The molecule has 27 heavy (non-hydrogen) atoms. The average Bonchev–Trinajstić information content (AvgIpc) is 3.08. The van der Waals surface area contributed by atoms with Crippen molar-refractivity contribution in [2.75, 3.05) is 5.32 Å². The summed E-state index contributed by atoms with van der Waals surface area (Å²) in [6.07, 6.45) is 1.80. The molecule has 0 saturated carbocycles. The fraction of sp³-hybridized carbons (Fsp3) is 0.0952. The smallest absolute Gasteiger partial charge is 0.163 e. The number of halogens is 1. The number of pyridine rings is 1. The van der Waals surface area contributed by atoms with E-state index in [1.165, 1.54) is 0 Å². The molecule has 0 aliphatic rings. The molecule has 0 atom stereocenters. The van der Waals surface area contributed by atoms with Crippen molar-refractivity contribution in [3.05, 3.63) is 83.8 Å². The van der Waals surface area contributed by atoms with Gasteiger partial charge in [0.15, 0.2) is 11.6 Å². The van der Waals surface area contributed by atoms with Gasteiger partial charge in [-0.1, -0.05) is 29.8 Å². The van der Waals surface area contributed by atoms with E-state index in [4.69, 9.17) is 11.6 Å². The molecule has 0 aliphatic heterocycles. The van der Waals surface area contributed by atoms with Crippen molar-refractivity contribution in [3.8, 4) is 22.6 Å². The molecule has 0 saturated heterocycles. The van der Waals surface area contributed by atoms with Crippen LogP contribution < -0.4 is 5.32 Å². The van der Waals surface area contributed by atoms with Gasteiger partial charge in [-0.3, -0.25) is 4.98 Å². The van der Waals surface area contributed by atoms with Crippen molar-refractivity contribution < 1.29 is 0 Å². The molecule has 0 aliphatic carbocycles. The Morgan fingerprint density at radius 2 is 1.63 bits per heavy atom. The highest BCUT2D eigenvalue weighted by Crippen LogP contribution is 2.21. The van der Waals surface area contributed by atoms with Gasteiger partial charge in [0.05, 0.1) is 12.2 Å². The van der Waals surface area contributed by atoms with E-state index in [1.807, 2.05) is 66.2 Å². The highest BCUT2D eigenvalue weighted by atomic mass is 35.5. The molecule has 2 heterocycles. The van der Waals surface area contributed by atoms with E-state index in [1.54, 1.807) is 6.20 Å². The molecule has 0 fully saturated rings. The summed E-state index contributed by atoms with van der Waals surface area (Å²) in [5, 5.41) is 12.7. The van der Waals surface area contributed by atoms with Crippen LogP contribution >= 0.6 is 11.6 Å². The number of nitrogens with zero attached hydrogens (tertiary/aromatic N) is 4. The van der Waals surface area contributed by atoms with Crippen molar-refractivity contribution in [1.29, 1.82) is 0 Å². The quantitative estimate of drug-likeness (QED) is 0.544. The molecule has 6 heteroatoms. The van der Waals surface area contributed by atoms with Gasteiger partial charge in [0.25, 0.3) is 0 Å². The minimum Gasteiger partial charge on any atom is -0.378 e. The summed E-state index contributed by atoms with van der Waals surface area (Å²) in [5.74, 6) is 1.67. The van der Waals surface area contributed by atoms with Gasteiger partial charge in [0.2, 0.25) is 0 Å². The number of anilines is 1. The lowest BCUT2D eigenvalue weighted by atomic mass is 10.1. The maximum Gasteiger partial charge on any atom is 0.163 e. The van der Waals surface area contributed by atoms with Crippen LogP contribution in [0.1, 0.15) is 5.82 Å². The summed E-state index contributed by atoms with van der Waals surface area (Å²) in [6, 6.07) is 21.7. The van der Waals surface area contributed by atoms with E-state index in [2.05, 4.69) is 32.6 Å². The third-order valence-corrected chi connectivity index (χ3v) is 4.62. The topological polar surface area (TPSA) is 55.6 Å². The first-order valence-electron chi connectivity index (χ1n) is 8.60. The van der Waals surface area contributed by atoms with Crippen LogP contribution in [0.15, 0.2) is 72.9 Å². The Morgan fingerprint density at radius 1 is 0.889 bits per heavy atom. The first kappa shape index (κ1) is 17.2. The zero-order valence-corrected chi connectivity index (χ0v) is 15.6. The van der Waals surface area contributed by atoms with Crippen LogP contribution in [0.5, 0.6) is 0 Å². The Kier molecular flexibility index (Phi) is 4.85. The third-order valence-electron chi connectivity index (χ3n) is 4.36. The lowest BCUT2D eigenvalue weighted by Gasteiger charge is -2.08. The van der Waals surface area contributed by atoms with Gasteiger partial charge >= 0.3 is 0 Å². The summed E-state index contributed by atoms with van der Waals surface area (Å²) in [5.41, 5.74) is 4.06. The van der Waals surface area contributed by atoms with Crippen molar-refractivity contribution in [3.63, 3.8) is 0 Å². The van der Waals surface area contributed by atoms with Gasteiger partial charge in [0.1, 0.15) is 0 Å². The fourth-order valence-electron chi connectivity index (χ4n) is 2.84. The largest absolute Gasteiger partial charge is 0.378 e. The normalized spacial score (nSPS) is 10.7. The average molecular weight is 376 g/mol. The van der Waals surface area contributed by atoms with Gasteiger partial charge in [-0.25, -0.2) is 0 Å². The van der Waals surface area contributed by atoms with Crippen LogP contribution in [0.3, 0.4) is 0 Å². The molecule has 1 N–H and O–H groups in total. The molecule has 4 rings (SSSR count). The van der Waals surface area contributed by atoms with E-state index in [0.29, 0.717) is 11.6 Å². The van der Waals surface area contributed by atoms with Crippen LogP contribution in [0.25, 0.3) is 22.6 Å². The van der Waals surface area contributed by atoms with Crippen molar-refractivity contribution in [2.24, 2.45) is 7.05 Å². The van der Waals surface area contributed by atoms with E-state index < -0.39 is 0 Å². The summed E-state index contributed by atoms with van der Waals surface area (Å²) in [4.78, 5) is 4.37. The Hall–Kier alpha value is -3.18. The highest BCUT2D eigenvalue weighted by Gasteiger charge is 2.10. The van der Waals surface area contributed by atoms with Crippen molar-refractivity contribution >= 4 is 17.3 Å². The summed E-state index contributed by atoms with van der Waals surface area (Å²) in [6.45, 7) is 0.583. The number of hydrogen-bond acceptors (Lipinski definition) is 4. The molecule has 4 aromatic rings. The first-order chi connectivity index (χ1) is 13.2. The van der Waals surface area contributed by atoms with E-state index in [0.717, 1.165) is 34.2 Å². The lowest BCUT2D eigenvalue weighted by molar-refractivity contribution is 0.817. The van der Waals surface area contributed by atoms with Gasteiger partial charge in [-0.05, 0) is 48.5 Å². The summed E-state index contributed by atoms with van der Waals surface area (Å²) in [7, 11) is 1.96. The maximum atomic E-state index is 5.96. The second-order valence-electron chi connectivity index (χ2n) is 6.15. The van der Waals surface area contributed by atoms with E-state index in [9.17, 15) is 0 Å². The number of hydrogen-bond donors (Lipinski definition) is 1. The van der Waals surface area contributed by atoms with Gasteiger partial charge < -0.3 is 9.88 Å². The van der Waals surface area contributed by atoms with Gasteiger partial charge in [0, 0.05) is 35.1 Å². The zero-order valence-electron chi connectivity index (χ0n) is 14.8. The molecule has 0 amide bonds. The van der Waals surface area contributed by atoms with Gasteiger partial charge in [-0.15, -0.1) is 10.2 Å². The van der Waals surface area contributed by atoms with Crippen LogP contribution in [0, 0.1) is 0 Å². The number of nitrogens with one attached hydrogen (secondary N) is 1. The maximum absolute atomic E-state index is 5.96. The lowest BCUT2D eigenvalue weighted by Crippen LogP contribution is -2.06. The molecule has 2 aromatic heterocycles.